The van der Waals surface area contributed by atoms with Gasteiger partial charge in [0, 0.05) is 44.3 Å². The summed E-state index contributed by atoms with van der Waals surface area (Å²) in [6, 6.07) is 9.31. The van der Waals surface area contributed by atoms with E-state index in [9.17, 15) is 9.59 Å². The van der Waals surface area contributed by atoms with Gasteiger partial charge in [-0.25, -0.2) is 4.98 Å². The number of pyridine rings is 1. The van der Waals surface area contributed by atoms with Gasteiger partial charge >= 0.3 is 0 Å². The standard InChI is InChI=1S/C22H24N6O3S/c1-31-16-4-2-15(3-5-16)12-25-20(29)18-14-32-22(27-18)21(30)26-17-13-24-7-6-19(17)28-10-8-23-9-11-28/h2-7,13-14,23H,8-12H2,1H3,(H,25,29)(H,26,30). The second kappa shape index (κ2) is 10.2. The Morgan fingerprint density at radius 3 is 2.69 bits per heavy atom. The van der Waals surface area contributed by atoms with Crippen LogP contribution in [0.5, 0.6) is 5.75 Å². The van der Waals surface area contributed by atoms with Crippen molar-refractivity contribution in [2.75, 3.05) is 43.5 Å². The number of rotatable bonds is 7. The molecule has 0 unspecified atom stereocenters. The molecule has 0 spiro atoms. The van der Waals surface area contributed by atoms with Gasteiger partial charge in [0.15, 0.2) is 5.01 Å². The Kier molecular flexibility index (Phi) is 6.93. The third-order valence-corrected chi connectivity index (χ3v) is 5.89. The molecule has 1 aliphatic heterocycles. The van der Waals surface area contributed by atoms with E-state index >= 15 is 0 Å². The highest BCUT2D eigenvalue weighted by molar-refractivity contribution is 7.12. The number of carbonyl (C=O) groups excluding carboxylic acids is 2. The first kappa shape index (κ1) is 21.7. The van der Waals surface area contributed by atoms with Crippen molar-refractivity contribution < 1.29 is 14.3 Å². The maximum Gasteiger partial charge on any atom is 0.284 e. The Bertz CT molecular complexity index is 1080. The molecule has 0 radical (unpaired) electrons. The Morgan fingerprint density at radius 1 is 1.16 bits per heavy atom. The largest absolute Gasteiger partial charge is 0.497 e. The van der Waals surface area contributed by atoms with Gasteiger partial charge in [-0.2, -0.15) is 0 Å². The molecule has 1 aliphatic rings. The van der Waals surface area contributed by atoms with Crippen LogP contribution >= 0.6 is 11.3 Å². The van der Waals surface area contributed by atoms with Crippen molar-refractivity contribution >= 4 is 34.5 Å². The molecule has 32 heavy (non-hydrogen) atoms. The third kappa shape index (κ3) is 5.21. The number of amides is 2. The van der Waals surface area contributed by atoms with Crippen LogP contribution in [0.15, 0.2) is 48.1 Å². The average Bonchev–Trinajstić information content (AvgIpc) is 3.34. The zero-order chi connectivity index (χ0) is 22.3. The summed E-state index contributed by atoms with van der Waals surface area (Å²) in [5.74, 6) is 0.0524. The van der Waals surface area contributed by atoms with E-state index in [0.717, 1.165) is 54.5 Å². The van der Waals surface area contributed by atoms with Crippen LogP contribution in [0, 0.1) is 0 Å². The topological polar surface area (TPSA) is 108 Å². The number of carbonyl (C=O) groups is 2. The average molecular weight is 453 g/mol. The van der Waals surface area contributed by atoms with Crippen molar-refractivity contribution in [1.82, 2.24) is 20.6 Å². The predicted molar refractivity (Wildman–Crippen MR) is 124 cm³/mol. The zero-order valence-corrected chi connectivity index (χ0v) is 18.4. The fraction of sp³-hybridized carbons (Fsp3) is 0.273. The molecule has 2 aromatic heterocycles. The lowest BCUT2D eigenvalue weighted by atomic mass is 10.2. The smallest absolute Gasteiger partial charge is 0.284 e. The molecule has 1 aromatic carbocycles. The number of thiazole rings is 1. The predicted octanol–water partition coefficient (Wildman–Crippen LogP) is 2.14. The molecule has 4 rings (SSSR count). The summed E-state index contributed by atoms with van der Waals surface area (Å²) in [5, 5.41) is 10.8. The lowest BCUT2D eigenvalue weighted by Crippen LogP contribution is -2.43. The van der Waals surface area contributed by atoms with Crippen molar-refractivity contribution in [2.24, 2.45) is 0 Å². The van der Waals surface area contributed by atoms with Crippen molar-refractivity contribution in [1.29, 1.82) is 0 Å². The molecule has 10 heteroatoms. The summed E-state index contributed by atoms with van der Waals surface area (Å²) in [5.41, 5.74) is 2.69. The van der Waals surface area contributed by atoms with Gasteiger partial charge < -0.3 is 25.6 Å². The number of hydrogen-bond donors (Lipinski definition) is 3. The number of nitrogens with one attached hydrogen (secondary N) is 3. The van der Waals surface area contributed by atoms with Gasteiger partial charge in [-0.3, -0.25) is 14.6 Å². The van der Waals surface area contributed by atoms with Crippen molar-refractivity contribution in [3.8, 4) is 5.75 Å². The molecule has 3 heterocycles. The highest BCUT2D eigenvalue weighted by Gasteiger charge is 2.19. The molecule has 0 aliphatic carbocycles. The first-order valence-electron chi connectivity index (χ1n) is 10.2. The Labute approximate surface area is 189 Å². The molecule has 1 saturated heterocycles. The van der Waals surface area contributed by atoms with Crippen LogP contribution in [0.3, 0.4) is 0 Å². The van der Waals surface area contributed by atoms with Crippen LogP contribution in [0.25, 0.3) is 0 Å². The number of piperazine rings is 1. The van der Waals surface area contributed by atoms with E-state index in [1.807, 2.05) is 30.3 Å². The van der Waals surface area contributed by atoms with E-state index < -0.39 is 0 Å². The van der Waals surface area contributed by atoms with E-state index in [1.165, 1.54) is 0 Å². The van der Waals surface area contributed by atoms with Crippen molar-refractivity contribution in [2.45, 2.75) is 6.54 Å². The minimum Gasteiger partial charge on any atom is -0.497 e. The number of anilines is 2. The molecule has 166 valence electrons. The molecule has 0 saturated carbocycles. The van der Waals surface area contributed by atoms with Crippen molar-refractivity contribution in [3.05, 3.63) is 64.4 Å². The number of ether oxygens (including phenoxy) is 1. The van der Waals surface area contributed by atoms with E-state index in [4.69, 9.17) is 4.74 Å². The summed E-state index contributed by atoms with van der Waals surface area (Å²) in [4.78, 5) is 35.8. The lowest BCUT2D eigenvalue weighted by Gasteiger charge is -2.30. The van der Waals surface area contributed by atoms with E-state index in [2.05, 4.69) is 30.8 Å². The van der Waals surface area contributed by atoms with E-state index in [0.29, 0.717) is 12.2 Å². The van der Waals surface area contributed by atoms with Gasteiger partial charge in [0.25, 0.3) is 11.8 Å². The molecule has 9 nitrogen and oxygen atoms in total. The Balaban J connectivity index is 1.38. The number of nitrogens with zero attached hydrogens (tertiary/aromatic N) is 3. The first-order chi connectivity index (χ1) is 15.6. The SMILES string of the molecule is COc1ccc(CNC(=O)c2csc(C(=O)Nc3cnccc3N3CCNCC3)n2)cc1. The van der Waals surface area contributed by atoms with E-state index in [1.54, 1.807) is 24.9 Å². The van der Waals surface area contributed by atoms with Gasteiger partial charge in [-0.15, -0.1) is 11.3 Å². The molecule has 3 N–H and O–H groups in total. The summed E-state index contributed by atoms with van der Waals surface area (Å²) >= 11 is 1.13. The van der Waals surface area contributed by atoms with Gasteiger partial charge in [-0.1, -0.05) is 12.1 Å². The van der Waals surface area contributed by atoms with Crippen molar-refractivity contribution in [3.63, 3.8) is 0 Å². The highest BCUT2D eigenvalue weighted by Crippen LogP contribution is 2.25. The van der Waals surface area contributed by atoms with E-state index in [-0.39, 0.29) is 22.5 Å². The number of methoxy groups -OCH3 is 1. The van der Waals surface area contributed by atoms with Gasteiger partial charge in [0.05, 0.1) is 24.7 Å². The second-order valence-electron chi connectivity index (χ2n) is 7.15. The second-order valence-corrected chi connectivity index (χ2v) is 8.01. The van der Waals surface area contributed by atoms with Crippen LogP contribution in [-0.4, -0.2) is 55.1 Å². The third-order valence-electron chi connectivity index (χ3n) is 5.05. The molecular weight excluding hydrogens is 428 g/mol. The highest BCUT2D eigenvalue weighted by atomic mass is 32.1. The number of hydrogen-bond acceptors (Lipinski definition) is 8. The summed E-state index contributed by atoms with van der Waals surface area (Å²) in [6.45, 7) is 3.82. The van der Waals surface area contributed by atoms with Crippen LogP contribution in [0.2, 0.25) is 0 Å². The van der Waals surface area contributed by atoms with Gasteiger partial charge in [-0.05, 0) is 23.8 Å². The number of aromatic nitrogens is 2. The maximum atomic E-state index is 12.8. The number of benzene rings is 1. The molecule has 3 aromatic rings. The normalized spacial score (nSPS) is 13.5. The quantitative estimate of drug-likeness (QED) is 0.504. The first-order valence-corrected chi connectivity index (χ1v) is 11.1. The summed E-state index contributed by atoms with van der Waals surface area (Å²) in [7, 11) is 1.60. The monoisotopic (exact) mass is 452 g/mol. The Hall–Kier alpha value is -3.50. The summed E-state index contributed by atoms with van der Waals surface area (Å²) < 4.78 is 5.13. The fourth-order valence-corrected chi connectivity index (χ4v) is 4.03. The zero-order valence-electron chi connectivity index (χ0n) is 17.6. The van der Waals surface area contributed by atoms with Gasteiger partial charge in [0.2, 0.25) is 0 Å². The maximum absolute atomic E-state index is 12.8. The molecule has 1 fully saturated rings. The molecule has 0 bridgehead atoms. The minimum absolute atomic E-state index is 0.210. The molecular formula is C22H24N6O3S. The molecule has 0 atom stereocenters. The van der Waals surface area contributed by atoms with Crippen LogP contribution in [0.4, 0.5) is 11.4 Å². The van der Waals surface area contributed by atoms with Crippen LogP contribution in [0.1, 0.15) is 25.9 Å². The van der Waals surface area contributed by atoms with Crippen LogP contribution in [-0.2, 0) is 6.54 Å². The summed E-state index contributed by atoms with van der Waals surface area (Å²) in [6.07, 6.45) is 3.34. The molecule has 2 amide bonds. The van der Waals surface area contributed by atoms with Crippen LogP contribution < -0.4 is 25.6 Å². The Morgan fingerprint density at radius 2 is 1.94 bits per heavy atom. The minimum atomic E-state index is -0.367. The lowest BCUT2D eigenvalue weighted by molar-refractivity contribution is 0.0946. The van der Waals surface area contributed by atoms with Gasteiger partial charge in [0.1, 0.15) is 11.4 Å². The fourth-order valence-electron chi connectivity index (χ4n) is 3.34.